The molecule has 1 aromatic rings. The zero-order chi connectivity index (χ0) is 12.1. The second-order valence-electron chi connectivity index (χ2n) is 4.36. The monoisotopic (exact) mass is 222 g/mol. The number of hydrogen-bond donors (Lipinski definition) is 1. The summed E-state index contributed by atoms with van der Waals surface area (Å²) in [5.74, 6) is 0.406. The van der Waals surface area contributed by atoms with E-state index >= 15 is 0 Å². The lowest BCUT2D eigenvalue weighted by Crippen LogP contribution is -2.25. The molecule has 1 rings (SSSR count). The highest BCUT2D eigenvalue weighted by molar-refractivity contribution is 5.76. The first-order valence-electron chi connectivity index (χ1n) is 5.41. The zero-order valence-electron chi connectivity index (χ0n) is 9.99. The summed E-state index contributed by atoms with van der Waals surface area (Å²) in [6.07, 6.45) is 2.27. The summed E-state index contributed by atoms with van der Waals surface area (Å²) < 4.78 is 1.50. The first kappa shape index (κ1) is 12.5. The van der Waals surface area contributed by atoms with Gasteiger partial charge in [-0.1, -0.05) is 19.9 Å². The summed E-state index contributed by atoms with van der Waals surface area (Å²) in [6, 6.07) is 3.24. The van der Waals surface area contributed by atoms with Crippen LogP contribution in [0, 0.1) is 5.92 Å². The van der Waals surface area contributed by atoms with Crippen LogP contribution in [0.1, 0.15) is 25.8 Å². The Hall–Kier alpha value is -1.58. The number of aromatic nitrogens is 1. The summed E-state index contributed by atoms with van der Waals surface area (Å²) in [4.78, 5) is 22.5. The third-order valence-corrected chi connectivity index (χ3v) is 2.23. The van der Waals surface area contributed by atoms with E-state index in [9.17, 15) is 9.59 Å². The Balaban J connectivity index is 2.52. The van der Waals surface area contributed by atoms with Gasteiger partial charge in [0.2, 0.25) is 11.5 Å². The van der Waals surface area contributed by atoms with E-state index in [1.807, 2.05) is 13.8 Å². The molecule has 0 unspecified atom stereocenters. The first-order valence-corrected chi connectivity index (χ1v) is 5.41. The lowest BCUT2D eigenvalue weighted by atomic mass is 10.1. The van der Waals surface area contributed by atoms with Gasteiger partial charge in [0.25, 0.3) is 0 Å². The van der Waals surface area contributed by atoms with Crippen molar-refractivity contribution in [3.63, 3.8) is 0 Å². The van der Waals surface area contributed by atoms with Crippen molar-refractivity contribution in [2.75, 3.05) is 0 Å². The highest BCUT2D eigenvalue weighted by atomic mass is 16.1. The zero-order valence-corrected chi connectivity index (χ0v) is 9.99. The molecule has 0 spiro atoms. The Labute approximate surface area is 95.3 Å². The molecule has 0 saturated heterocycles. The lowest BCUT2D eigenvalue weighted by Gasteiger charge is -2.07. The topological polar surface area (TPSA) is 51.1 Å². The van der Waals surface area contributed by atoms with Gasteiger partial charge in [-0.05, 0) is 11.5 Å². The number of aryl methyl sites for hydroxylation is 1. The van der Waals surface area contributed by atoms with Gasteiger partial charge in [0.15, 0.2) is 0 Å². The number of nitrogens with one attached hydrogen (secondary N) is 1. The van der Waals surface area contributed by atoms with E-state index in [0.717, 1.165) is 5.56 Å². The van der Waals surface area contributed by atoms with Gasteiger partial charge in [-0.25, -0.2) is 0 Å². The van der Waals surface area contributed by atoms with Gasteiger partial charge >= 0.3 is 0 Å². The molecular weight excluding hydrogens is 204 g/mol. The Morgan fingerprint density at radius 1 is 1.44 bits per heavy atom. The summed E-state index contributed by atoms with van der Waals surface area (Å²) in [5, 5.41) is 2.82. The van der Waals surface area contributed by atoms with Gasteiger partial charge in [-0.2, -0.15) is 0 Å². The maximum Gasteiger partial charge on any atom is 0.250 e. The summed E-state index contributed by atoms with van der Waals surface area (Å²) in [7, 11) is 1.70. The first-order chi connectivity index (χ1) is 7.49. The minimum Gasteiger partial charge on any atom is -0.352 e. The van der Waals surface area contributed by atoms with Gasteiger partial charge in [-0.15, -0.1) is 0 Å². The van der Waals surface area contributed by atoms with Crippen molar-refractivity contribution in [1.82, 2.24) is 9.88 Å². The Morgan fingerprint density at radius 2 is 2.12 bits per heavy atom. The number of carbonyl (C=O) groups excluding carboxylic acids is 1. The van der Waals surface area contributed by atoms with Crippen LogP contribution in [0.4, 0.5) is 0 Å². The van der Waals surface area contributed by atoms with Crippen LogP contribution < -0.4 is 10.9 Å². The van der Waals surface area contributed by atoms with Gasteiger partial charge in [-0.3, -0.25) is 9.59 Å². The van der Waals surface area contributed by atoms with Crippen molar-refractivity contribution in [3.8, 4) is 0 Å². The van der Waals surface area contributed by atoms with Crippen molar-refractivity contribution < 1.29 is 4.79 Å². The van der Waals surface area contributed by atoms with Gasteiger partial charge in [0.1, 0.15) is 0 Å². The summed E-state index contributed by atoms with van der Waals surface area (Å²) in [6.45, 7) is 4.48. The van der Waals surface area contributed by atoms with Crippen LogP contribution in [-0.4, -0.2) is 10.5 Å². The molecule has 0 bridgehead atoms. The Bertz CT molecular complexity index is 421. The van der Waals surface area contributed by atoms with Crippen molar-refractivity contribution in [3.05, 3.63) is 34.2 Å². The van der Waals surface area contributed by atoms with E-state index in [0.29, 0.717) is 18.9 Å². The van der Waals surface area contributed by atoms with E-state index in [1.54, 1.807) is 19.3 Å². The van der Waals surface area contributed by atoms with Crippen LogP contribution in [0.25, 0.3) is 0 Å². The quantitative estimate of drug-likeness (QED) is 0.827. The van der Waals surface area contributed by atoms with Gasteiger partial charge < -0.3 is 9.88 Å². The largest absolute Gasteiger partial charge is 0.352 e. The predicted molar refractivity (Wildman–Crippen MR) is 63.0 cm³/mol. The third kappa shape index (κ3) is 3.88. The average molecular weight is 222 g/mol. The second-order valence-corrected chi connectivity index (χ2v) is 4.36. The average Bonchev–Trinajstić information content (AvgIpc) is 2.19. The lowest BCUT2D eigenvalue weighted by molar-refractivity contribution is -0.121. The summed E-state index contributed by atoms with van der Waals surface area (Å²) >= 11 is 0. The molecule has 1 heterocycles. The molecule has 16 heavy (non-hydrogen) atoms. The van der Waals surface area contributed by atoms with E-state index in [2.05, 4.69) is 5.32 Å². The molecule has 0 atom stereocenters. The fraction of sp³-hybridized carbons (Fsp3) is 0.500. The van der Waals surface area contributed by atoms with Crippen LogP contribution in [-0.2, 0) is 18.4 Å². The molecule has 4 nitrogen and oxygen atoms in total. The van der Waals surface area contributed by atoms with Crippen molar-refractivity contribution in [1.29, 1.82) is 0 Å². The second kappa shape index (κ2) is 5.49. The van der Waals surface area contributed by atoms with Crippen molar-refractivity contribution >= 4 is 5.91 Å². The van der Waals surface area contributed by atoms with Crippen LogP contribution in [0.15, 0.2) is 23.1 Å². The molecule has 0 aliphatic rings. The van der Waals surface area contributed by atoms with E-state index in [-0.39, 0.29) is 11.5 Å². The molecule has 0 aliphatic carbocycles. The minimum absolute atomic E-state index is 0.0442. The van der Waals surface area contributed by atoms with Crippen LogP contribution in [0.3, 0.4) is 0 Å². The molecule has 0 saturated carbocycles. The van der Waals surface area contributed by atoms with Gasteiger partial charge in [0.05, 0.1) is 0 Å². The number of carbonyl (C=O) groups is 1. The molecule has 1 amide bonds. The van der Waals surface area contributed by atoms with Crippen molar-refractivity contribution in [2.45, 2.75) is 26.8 Å². The molecule has 1 N–H and O–H groups in total. The van der Waals surface area contributed by atoms with Crippen molar-refractivity contribution in [2.24, 2.45) is 13.0 Å². The Morgan fingerprint density at radius 3 is 2.69 bits per heavy atom. The minimum atomic E-state index is -0.0442. The SMILES string of the molecule is CC(C)CC(=O)NCc1ccc(=O)n(C)c1. The number of amides is 1. The highest BCUT2D eigenvalue weighted by Gasteiger charge is 2.04. The molecule has 88 valence electrons. The number of rotatable bonds is 4. The molecule has 0 aromatic carbocycles. The molecule has 0 radical (unpaired) electrons. The van der Waals surface area contributed by atoms with E-state index in [1.165, 1.54) is 10.6 Å². The third-order valence-electron chi connectivity index (χ3n) is 2.23. The predicted octanol–water partition coefficient (Wildman–Crippen LogP) is 1.05. The number of pyridine rings is 1. The van der Waals surface area contributed by atoms with E-state index < -0.39 is 0 Å². The fourth-order valence-corrected chi connectivity index (χ4v) is 1.40. The van der Waals surface area contributed by atoms with Gasteiger partial charge in [0, 0.05) is 32.3 Å². The molecular formula is C12H18N2O2. The number of nitrogens with zero attached hydrogens (tertiary/aromatic N) is 1. The molecule has 1 aromatic heterocycles. The smallest absolute Gasteiger partial charge is 0.250 e. The van der Waals surface area contributed by atoms with Crippen LogP contribution >= 0.6 is 0 Å². The van der Waals surface area contributed by atoms with E-state index in [4.69, 9.17) is 0 Å². The molecule has 0 aliphatic heterocycles. The highest BCUT2D eigenvalue weighted by Crippen LogP contribution is 1.99. The Kier molecular flexibility index (Phi) is 4.28. The fourth-order valence-electron chi connectivity index (χ4n) is 1.40. The molecule has 4 heteroatoms. The standard InChI is InChI=1S/C12H18N2O2/c1-9(2)6-11(15)13-7-10-4-5-12(16)14(3)8-10/h4-5,8-9H,6-7H2,1-3H3,(H,13,15). The van der Waals surface area contributed by atoms with Crippen LogP contribution in [0.5, 0.6) is 0 Å². The maximum atomic E-state index is 11.4. The normalized spacial score (nSPS) is 10.5. The number of hydrogen-bond acceptors (Lipinski definition) is 2. The summed E-state index contributed by atoms with van der Waals surface area (Å²) in [5.41, 5.74) is 0.886. The maximum absolute atomic E-state index is 11.4. The van der Waals surface area contributed by atoms with Crippen LogP contribution in [0.2, 0.25) is 0 Å². The molecule has 0 fully saturated rings.